The summed E-state index contributed by atoms with van der Waals surface area (Å²) in [6.45, 7) is -1.06. The second-order valence-corrected chi connectivity index (χ2v) is 10.5. The van der Waals surface area contributed by atoms with Gasteiger partial charge in [-0.15, -0.1) is 3.97 Å². The lowest BCUT2D eigenvalue weighted by atomic mass is 10.1. The van der Waals surface area contributed by atoms with Gasteiger partial charge in [-0.25, -0.2) is 24.1 Å². The van der Waals surface area contributed by atoms with Crippen LogP contribution in [0.2, 0.25) is 0 Å². The first-order valence-corrected chi connectivity index (χ1v) is 13.8. The fraction of sp³-hybridized carbons (Fsp3) is 0.500. The molecule has 9 N–H and O–H groups in total. The summed E-state index contributed by atoms with van der Waals surface area (Å²) >= 11 is -2.61. The quantitative estimate of drug-likeness (QED) is 0.0916. The molecule has 3 heterocycles. The molecule has 35 heavy (non-hydrogen) atoms. The third-order valence-corrected chi connectivity index (χ3v) is 6.32. The number of anilines is 1. The van der Waals surface area contributed by atoms with Gasteiger partial charge in [0, 0.05) is 0 Å². The van der Waals surface area contributed by atoms with Crippen LogP contribution in [0.4, 0.5) is 5.82 Å². The van der Waals surface area contributed by atoms with E-state index >= 15 is 0 Å². The first-order valence-electron chi connectivity index (χ1n) is 8.36. The largest absolute Gasteiger partial charge is 0.488 e. The van der Waals surface area contributed by atoms with Crippen LogP contribution in [-0.4, -0.2) is 90.5 Å². The Hall–Kier alpha value is -1.53. The number of phosphoric acid groups is 2. The Balaban J connectivity index is 0.00000100. The van der Waals surface area contributed by atoms with Crippen LogP contribution in [0.1, 0.15) is 6.23 Å². The van der Waals surface area contributed by atoms with Gasteiger partial charge in [0.1, 0.15) is 30.2 Å². The molecule has 1 fully saturated rings. The van der Waals surface area contributed by atoms with Crippen molar-refractivity contribution >= 4 is 54.4 Å². The predicted octanol–water partition coefficient (Wildman–Crippen LogP) is -2.24. The van der Waals surface area contributed by atoms with E-state index in [2.05, 4.69) is 28.0 Å². The van der Waals surface area contributed by atoms with Gasteiger partial charge in [0.15, 0.2) is 17.7 Å². The molecule has 3 rings (SSSR count). The van der Waals surface area contributed by atoms with E-state index in [1.54, 1.807) is 0 Å². The SMILES string of the molecule is Nc1ncnc2c1ncn2[C@@H]1O[C@H](COP(=O)(O)OS(=O)(=O)O)[C@@H](OP(=O)(O)O)[C@H]1O.O=S(O)O. The van der Waals surface area contributed by atoms with Gasteiger partial charge in [0.2, 0.25) is 0 Å². The van der Waals surface area contributed by atoms with Gasteiger partial charge in [-0.3, -0.25) is 27.3 Å². The molecule has 0 saturated carbocycles. The topological polar surface area (TPSA) is 334 Å². The molecule has 2 aromatic heterocycles. The van der Waals surface area contributed by atoms with Crippen LogP contribution in [0.5, 0.6) is 0 Å². The Morgan fingerprint density at radius 1 is 1.20 bits per heavy atom. The van der Waals surface area contributed by atoms with Gasteiger partial charge in [0.25, 0.3) is 11.4 Å². The summed E-state index contributed by atoms with van der Waals surface area (Å²) in [6, 6.07) is 0. The lowest BCUT2D eigenvalue weighted by Crippen LogP contribution is -2.35. The number of aliphatic hydroxyl groups is 1. The van der Waals surface area contributed by atoms with Crippen molar-refractivity contribution in [3.8, 4) is 0 Å². The molecule has 0 spiro atoms. The second-order valence-electron chi connectivity index (χ2n) is 6.20. The summed E-state index contributed by atoms with van der Waals surface area (Å²) in [5, 5.41) is 10.5. The molecular weight excluding hydrogens is 572 g/mol. The van der Waals surface area contributed by atoms with Gasteiger partial charge in [-0.1, -0.05) is 0 Å². The smallest absolute Gasteiger partial charge is 0.386 e. The summed E-state index contributed by atoms with van der Waals surface area (Å²) in [5.41, 5.74) is 5.85. The van der Waals surface area contributed by atoms with Crippen LogP contribution in [0.3, 0.4) is 0 Å². The fourth-order valence-electron chi connectivity index (χ4n) is 2.74. The number of ether oxygens (including phenoxy) is 1. The van der Waals surface area contributed by atoms with E-state index in [0.717, 1.165) is 17.2 Å². The number of hydrogen-bond donors (Lipinski definition) is 8. The number of aliphatic hydroxyl groups excluding tert-OH is 1. The van der Waals surface area contributed by atoms with E-state index in [-0.39, 0.29) is 17.0 Å². The van der Waals surface area contributed by atoms with Crippen molar-refractivity contribution < 1.29 is 73.0 Å². The molecule has 0 aliphatic carbocycles. The zero-order chi connectivity index (χ0) is 26.8. The first kappa shape index (κ1) is 29.7. The molecule has 1 unspecified atom stereocenters. The zero-order valence-electron chi connectivity index (χ0n) is 16.6. The molecule has 21 nitrogen and oxygen atoms in total. The maximum Gasteiger partial charge on any atom is 0.488 e. The molecule has 0 aromatic carbocycles. The van der Waals surface area contributed by atoms with Crippen molar-refractivity contribution in [3.63, 3.8) is 0 Å². The van der Waals surface area contributed by atoms with E-state index in [9.17, 15) is 27.5 Å². The number of hydrogen-bond acceptors (Lipinski definition) is 14. The van der Waals surface area contributed by atoms with Gasteiger partial charge < -0.3 is 30.3 Å². The molecule has 2 aromatic rings. The average molecular weight is 589 g/mol. The minimum absolute atomic E-state index is 0.0114. The van der Waals surface area contributed by atoms with Crippen molar-refractivity contribution in [1.82, 2.24) is 19.5 Å². The lowest BCUT2D eigenvalue weighted by Gasteiger charge is -2.21. The molecule has 0 radical (unpaired) electrons. The molecule has 0 amide bonds. The van der Waals surface area contributed by atoms with Crippen molar-refractivity contribution in [3.05, 3.63) is 12.7 Å². The maximum atomic E-state index is 11.6. The number of rotatable bonds is 8. The Kier molecular flexibility index (Phi) is 9.54. The molecule has 1 aliphatic heterocycles. The Morgan fingerprint density at radius 3 is 2.34 bits per heavy atom. The van der Waals surface area contributed by atoms with Crippen LogP contribution < -0.4 is 5.73 Å². The summed E-state index contributed by atoms with van der Waals surface area (Å²) < 4.78 is 94.3. The van der Waals surface area contributed by atoms with E-state index < -0.39 is 68.6 Å². The fourth-order valence-corrected chi connectivity index (χ4v) is 4.77. The van der Waals surface area contributed by atoms with Gasteiger partial charge in [-0.05, 0) is 0 Å². The third kappa shape index (κ3) is 8.82. The van der Waals surface area contributed by atoms with Crippen LogP contribution in [0, 0.1) is 0 Å². The Morgan fingerprint density at radius 2 is 1.80 bits per heavy atom. The highest BCUT2D eigenvalue weighted by Crippen LogP contribution is 2.48. The number of aromatic nitrogens is 4. The standard InChI is InChI=1S/C10H15N5O13P2S.H2O3S/c11-8-5-9(13-2-12-8)15(3-14-5)10-6(16)7(27-29(17,18)19)4(26-10)1-25-30(20,21)28-31(22,23)24;1-4(2)3/h2-4,6-7,10,16H,1H2,(H,20,21)(H2,11,12,13)(H2,17,18,19)(H,22,23,24);(H2,1,2,3)/t4-,6-,7-,10-;/m1./s1. The number of nitrogens with two attached hydrogens (primary N) is 1. The predicted molar refractivity (Wildman–Crippen MR) is 108 cm³/mol. The van der Waals surface area contributed by atoms with Gasteiger partial charge >= 0.3 is 26.0 Å². The summed E-state index contributed by atoms with van der Waals surface area (Å²) in [4.78, 5) is 39.1. The van der Waals surface area contributed by atoms with Crippen LogP contribution in [-0.2, 0) is 48.6 Å². The van der Waals surface area contributed by atoms with Crippen molar-refractivity contribution in [2.24, 2.45) is 0 Å². The molecule has 1 saturated heterocycles. The van der Waals surface area contributed by atoms with Crippen molar-refractivity contribution in [2.75, 3.05) is 12.3 Å². The normalized spacial score (nSPS) is 24.8. The number of imidazole rings is 1. The van der Waals surface area contributed by atoms with Gasteiger partial charge in [0.05, 0.1) is 12.9 Å². The number of nitrogens with zero attached hydrogens (tertiary/aromatic N) is 4. The van der Waals surface area contributed by atoms with E-state index in [0.29, 0.717) is 0 Å². The lowest BCUT2D eigenvalue weighted by molar-refractivity contribution is -0.0499. The minimum atomic E-state index is -5.39. The second kappa shape index (κ2) is 11.2. The highest BCUT2D eigenvalue weighted by Gasteiger charge is 2.49. The maximum absolute atomic E-state index is 11.6. The number of phosphoric ester groups is 2. The zero-order valence-corrected chi connectivity index (χ0v) is 20.0. The van der Waals surface area contributed by atoms with Crippen molar-refractivity contribution in [1.29, 1.82) is 0 Å². The van der Waals surface area contributed by atoms with Crippen molar-refractivity contribution in [2.45, 2.75) is 24.5 Å². The van der Waals surface area contributed by atoms with E-state index in [1.807, 2.05) is 0 Å². The van der Waals surface area contributed by atoms with E-state index in [4.69, 9.17) is 38.1 Å². The number of nitrogen functional groups attached to an aromatic ring is 1. The summed E-state index contributed by atoms with van der Waals surface area (Å²) in [5.74, 6) is -0.0114. The van der Waals surface area contributed by atoms with Crippen LogP contribution in [0.25, 0.3) is 11.2 Å². The van der Waals surface area contributed by atoms with Crippen LogP contribution >= 0.6 is 15.6 Å². The molecule has 0 bridgehead atoms. The average Bonchev–Trinajstić information content (AvgIpc) is 3.20. The molecule has 200 valence electrons. The molecule has 5 atom stereocenters. The van der Waals surface area contributed by atoms with Crippen LogP contribution in [0.15, 0.2) is 12.7 Å². The first-order chi connectivity index (χ1) is 15.9. The van der Waals surface area contributed by atoms with Gasteiger partial charge in [-0.2, -0.15) is 12.6 Å². The third-order valence-electron chi connectivity index (χ3n) is 3.82. The summed E-state index contributed by atoms with van der Waals surface area (Å²) in [6.07, 6.45) is -4.54. The molecular formula is C10H17N5O16P2S2. The minimum Gasteiger partial charge on any atom is -0.386 e. The Bertz CT molecular complexity index is 1260. The monoisotopic (exact) mass is 589 g/mol. The number of fused-ring (bicyclic) bond motifs is 1. The molecule has 1 aliphatic rings. The highest BCUT2D eigenvalue weighted by atomic mass is 32.3. The van der Waals surface area contributed by atoms with E-state index in [1.165, 1.54) is 0 Å². The highest BCUT2D eigenvalue weighted by molar-refractivity contribution is 7.85. The Labute approximate surface area is 196 Å². The summed E-state index contributed by atoms with van der Waals surface area (Å²) in [7, 11) is -16.0. The molecule has 25 heteroatoms.